The van der Waals surface area contributed by atoms with Crippen molar-refractivity contribution in [1.29, 1.82) is 0 Å². The quantitative estimate of drug-likeness (QED) is 0.807. The Morgan fingerprint density at radius 3 is 2.75 bits per heavy atom. The Kier molecular flexibility index (Phi) is 4.84. The summed E-state index contributed by atoms with van der Waals surface area (Å²) in [6.07, 6.45) is 2.59. The van der Waals surface area contributed by atoms with E-state index in [1.807, 2.05) is 0 Å². The Morgan fingerprint density at radius 1 is 1.42 bits per heavy atom. The lowest BCUT2D eigenvalue weighted by Crippen LogP contribution is -2.45. The van der Waals surface area contributed by atoms with Gasteiger partial charge in [-0.2, -0.15) is 0 Å². The van der Waals surface area contributed by atoms with Gasteiger partial charge in [0, 0.05) is 18.7 Å². The molecule has 130 valence electrons. The molecule has 3 atom stereocenters. The van der Waals surface area contributed by atoms with Gasteiger partial charge in [0.05, 0.1) is 6.26 Å². The average molecular weight is 352 g/mol. The number of nitrogens with zero attached hydrogens (tertiary/aromatic N) is 1. The maximum atomic E-state index is 12.5. The summed E-state index contributed by atoms with van der Waals surface area (Å²) in [6, 6.07) is 2.99. The van der Waals surface area contributed by atoms with Crippen LogP contribution < -0.4 is 5.32 Å². The van der Waals surface area contributed by atoms with Crippen LogP contribution in [-0.2, 0) is 19.1 Å². The van der Waals surface area contributed by atoms with Crippen LogP contribution in [0.1, 0.15) is 37.8 Å². The van der Waals surface area contributed by atoms with E-state index in [9.17, 15) is 14.4 Å². The molecular weight excluding hydrogens is 332 g/mol. The van der Waals surface area contributed by atoms with E-state index in [0.29, 0.717) is 11.5 Å². The lowest BCUT2D eigenvalue weighted by atomic mass is 10.2. The van der Waals surface area contributed by atoms with E-state index < -0.39 is 18.1 Å². The van der Waals surface area contributed by atoms with Crippen molar-refractivity contribution in [1.82, 2.24) is 10.2 Å². The van der Waals surface area contributed by atoms with Crippen molar-refractivity contribution >= 4 is 29.5 Å². The zero-order valence-corrected chi connectivity index (χ0v) is 14.4. The third-order valence-electron chi connectivity index (χ3n) is 4.01. The number of nitrogens with one attached hydrogen (secondary N) is 1. The highest BCUT2D eigenvalue weighted by Crippen LogP contribution is 2.41. The van der Waals surface area contributed by atoms with Gasteiger partial charge in [0.15, 0.2) is 6.10 Å². The summed E-state index contributed by atoms with van der Waals surface area (Å²) in [5.74, 6) is -0.0806. The summed E-state index contributed by atoms with van der Waals surface area (Å²) in [5, 5.41) is 2.44. The van der Waals surface area contributed by atoms with E-state index in [0.717, 1.165) is 12.8 Å². The van der Waals surface area contributed by atoms with E-state index in [4.69, 9.17) is 9.15 Å². The maximum absolute atomic E-state index is 12.5. The van der Waals surface area contributed by atoms with E-state index in [2.05, 4.69) is 5.32 Å². The Labute approximate surface area is 144 Å². The number of carbonyl (C=O) groups is 3. The maximum Gasteiger partial charge on any atom is 0.330 e. The van der Waals surface area contributed by atoms with Gasteiger partial charge in [-0.3, -0.25) is 9.59 Å². The number of thioether (sulfide) groups is 1. The second-order valence-corrected chi connectivity index (χ2v) is 7.12. The summed E-state index contributed by atoms with van der Waals surface area (Å²) in [6.45, 7) is 2.95. The number of esters is 1. The first-order valence-electron chi connectivity index (χ1n) is 7.92. The van der Waals surface area contributed by atoms with E-state index in [-0.39, 0.29) is 23.2 Å². The molecule has 2 amide bonds. The molecule has 7 nitrogen and oxygen atoms in total. The third kappa shape index (κ3) is 3.58. The average Bonchev–Trinajstić information content (AvgIpc) is 3.05. The predicted octanol–water partition coefficient (Wildman–Crippen LogP) is 1.45. The summed E-state index contributed by atoms with van der Waals surface area (Å²) in [7, 11) is 0. The van der Waals surface area contributed by atoms with Crippen molar-refractivity contribution in [3.05, 3.63) is 24.2 Å². The predicted molar refractivity (Wildman–Crippen MR) is 86.9 cm³/mol. The lowest BCUT2D eigenvalue weighted by Gasteiger charge is -2.26. The van der Waals surface area contributed by atoms with Gasteiger partial charge in [-0.25, -0.2) is 4.79 Å². The fourth-order valence-corrected chi connectivity index (χ4v) is 3.99. The van der Waals surface area contributed by atoms with Crippen molar-refractivity contribution in [3.63, 3.8) is 0 Å². The summed E-state index contributed by atoms with van der Waals surface area (Å²) < 4.78 is 10.6. The van der Waals surface area contributed by atoms with E-state index >= 15 is 0 Å². The molecule has 2 fully saturated rings. The fraction of sp³-hybridized carbons (Fsp3) is 0.562. The highest BCUT2D eigenvalue weighted by molar-refractivity contribution is 7.99. The third-order valence-corrected chi connectivity index (χ3v) is 5.29. The van der Waals surface area contributed by atoms with Gasteiger partial charge in [-0.15, -0.1) is 11.8 Å². The molecule has 2 heterocycles. The van der Waals surface area contributed by atoms with Crippen LogP contribution >= 0.6 is 11.8 Å². The van der Waals surface area contributed by atoms with Crippen LogP contribution in [0.3, 0.4) is 0 Å². The number of amides is 2. The minimum atomic E-state index is -0.875. The van der Waals surface area contributed by atoms with Crippen LogP contribution in [0.15, 0.2) is 22.8 Å². The van der Waals surface area contributed by atoms with Crippen molar-refractivity contribution in [2.75, 3.05) is 5.75 Å². The van der Waals surface area contributed by atoms with Crippen LogP contribution in [0.4, 0.5) is 0 Å². The summed E-state index contributed by atoms with van der Waals surface area (Å²) in [4.78, 5) is 37.9. The van der Waals surface area contributed by atoms with Gasteiger partial charge >= 0.3 is 5.97 Å². The first-order chi connectivity index (χ1) is 11.5. The Bertz CT molecular complexity index is 628. The van der Waals surface area contributed by atoms with Crippen LogP contribution in [0.5, 0.6) is 0 Å². The van der Waals surface area contributed by atoms with Crippen LogP contribution in [0.2, 0.25) is 0 Å². The van der Waals surface area contributed by atoms with Crippen LogP contribution in [-0.4, -0.2) is 46.6 Å². The molecule has 1 aliphatic heterocycles. The van der Waals surface area contributed by atoms with Gasteiger partial charge in [0.1, 0.15) is 17.2 Å². The van der Waals surface area contributed by atoms with Crippen molar-refractivity contribution in [3.8, 4) is 0 Å². The molecule has 0 aromatic carbocycles. The lowest BCUT2D eigenvalue weighted by molar-refractivity contribution is -0.161. The molecule has 3 rings (SSSR count). The van der Waals surface area contributed by atoms with Gasteiger partial charge in [0.2, 0.25) is 5.91 Å². The van der Waals surface area contributed by atoms with Gasteiger partial charge in [-0.05, 0) is 31.9 Å². The van der Waals surface area contributed by atoms with Crippen molar-refractivity contribution in [2.45, 2.75) is 50.3 Å². The van der Waals surface area contributed by atoms with Crippen LogP contribution in [0, 0.1) is 0 Å². The number of hydrogen-bond donors (Lipinski definition) is 1. The molecule has 1 saturated carbocycles. The molecular formula is C16H20N2O5S. The minimum absolute atomic E-state index is 0.206. The number of rotatable bonds is 5. The van der Waals surface area contributed by atoms with Gasteiger partial charge in [-0.1, -0.05) is 0 Å². The molecule has 1 aromatic rings. The molecule has 1 saturated heterocycles. The zero-order chi connectivity index (χ0) is 17.3. The molecule has 2 aliphatic rings. The van der Waals surface area contributed by atoms with Crippen LogP contribution in [0.25, 0.3) is 0 Å². The Hall–Kier alpha value is -1.96. The highest BCUT2D eigenvalue weighted by Gasteiger charge is 2.43. The zero-order valence-electron chi connectivity index (χ0n) is 13.6. The number of ether oxygens (including phenoxy) is 1. The largest absolute Gasteiger partial charge is 0.466 e. The monoisotopic (exact) mass is 352 g/mol. The first kappa shape index (κ1) is 16.9. The van der Waals surface area contributed by atoms with Gasteiger partial charge in [0.25, 0.3) is 5.91 Å². The van der Waals surface area contributed by atoms with Gasteiger partial charge < -0.3 is 19.4 Å². The minimum Gasteiger partial charge on any atom is -0.466 e. The molecule has 0 radical (unpaired) electrons. The standard InChI is InChI=1S/C16H20N2O5S/c1-9(14(20)17-11-5-6-11)23-16(21)12-8-24-15(18(12)10(2)19)13-4-3-7-22-13/h3-4,7,9,11-12,15H,5-6,8H2,1-2H3,(H,17,20)/t9-,12-,15+/m0/s1. The Morgan fingerprint density at radius 2 is 2.17 bits per heavy atom. The molecule has 1 N–H and O–H groups in total. The second-order valence-electron chi connectivity index (χ2n) is 6.01. The molecule has 8 heteroatoms. The molecule has 24 heavy (non-hydrogen) atoms. The Balaban J connectivity index is 1.64. The first-order valence-corrected chi connectivity index (χ1v) is 8.97. The molecule has 0 bridgehead atoms. The smallest absolute Gasteiger partial charge is 0.330 e. The molecule has 0 unspecified atom stereocenters. The second kappa shape index (κ2) is 6.88. The van der Waals surface area contributed by atoms with E-state index in [1.165, 1.54) is 29.8 Å². The normalized spacial score (nSPS) is 24.5. The number of carbonyl (C=O) groups excluding carboxylic acids is 3. The highest BCUT2D eigenvalue weighted by atomic mass is 32.2. The van der Waals surface area contributed by atoms with Crippen molar-refractivity contribution in [2.24, 2.45) is 0 Å². The molecule has 1 aromatic heterocycles. The summed E-state index contributed by atoms with van der Waals surface area (Å²) >= 11 is 1.44. The topological polar surface area (TPSA) is 88.8 Å². The molecule has 1 aliphatic carbocycles. The fourth-order valence-electron chi connectivity index (χ4n) is 2.58. The molecule has 0 spiro atoms. The van der Waals surface area contributed by atoms with Crippen molar-refractivity contribution < 1.29 is 23.5 Å². The number of furan rings is 1. The number of hydrogen-bond acceptors (Lipinski definition) is 6. The SMILES string of the molecule is CC(=O)N1[C@@H](c2ccco2)SC[C@H]1C(=O)O[C@@H](C)C(=O)NC1CC1. The summed E-state index contributed by atoms with van der Waals surface area (Å²) in [5.41, 5.74) is 0. The van der Waals surface area contributed by atoms with E-state index in [1.54, 1.807) is 19.1 Å².